The van der Waals surface area contributed by atoms with E-state index in [-0.39, 0.29) is 19.1 Å². The van der Waals surface area contributed by atoms with Gasteiger partial charge in [0.2, 0.25) is 5.91 Å². The Hall–Kier alpha value is -0.760. The molecule has 0 aliphatic rings. The largest absolute Gasteiger partial charge is 0.472 e. The lowest BCUT2D eigenvalue weighted by atomic mass is 10.0. The van der Waals surface area contributed by atoms with E-state index < -0.39 is 20.0 Å². The van der Waals surface area contributed by atoms with Gasteiger partial charge in [-0.2, -0.15) is 0 Å². The van der Waals surface area contributed by atoms with Gasteiger partial charge < -0.3 is 19.8 Å². The lowest BCUT2D eigenvalue weighted by molar-refractivity contribution is -0.870. The normalized spacial score (nSPS) is 14.7. The number of carbonyl (C=O) groups is 1. The van der Waals surface area contributed by atoms with Crippen LogP contribution >= 0.6 is 7.82 Å². The highest BCUT2D eigenvalue weighted by atomic mass is 31.2. The summed E-state index contributed by atoms with van der Waals surface area (Å²) in [5.41, 5.74) is 0. The molecule has 8 nitrogen and oxygen atoms in total. The Morgan fingerprint density at radius 3 is 1.51 bits per heavy atom. The summed E-state index contributed by atoms with van der Waals surface area (Å²) in [4.78, 5) is 22.9. The molecule has 0 aromatic heterocycles. The first-order valence-electron chi connectivity index (χ1n) is 20.6. The quantitative estimate of drug-likeness (QED) is 0.0256. The molecule has 3 atom stereocenters. The molecule has 0 saturated heterocycles. The maximum Gasteiger partial charge on any atom is 0.472 e. The first kappa shape index (κ1) is 48.2. The minimum atomic E-state index is -4.32. The number of hydrogen-bond donors (Lipinski definition) is 3. The molecule has 0 fully saturated rings. The van der Waals surface area contributed by atoms with E-state index in [1.54, 1.807) is 6.08 Å². The molecule has 9 heteroatoms. The van der Waals surface area contributed by atoms with Gasteiger partial charge >= 0.3 is 7.82 Å². The van der Waals surface area contributed by atoms with Crippen molar-refractivity contribution >= 4 is 13.7 Å². The molecule has 49 heavy (non-hydrogen) atoms. The second-order valence-electron chi connectivity index (χ2n) is 15.4. The minimum absolute atomic E-state index is 0.0642. The summed E-state index contributed by atoms with van der Waals surface area (Å²) in [5, 5.41) is 13.8. The summed E-state index contributed by atoms with van der Waals surface area (Å²) in [6.45, 7) is 4.79. The highest BCUT2D eigenvalue weighted by molar-refractivity contribution is 7.47. The smallest absolute Gasteiger partial charge is 0.387 e. The van der Waals surface area contributed by atoms with E-state index in [4.69, 9.17) is 9.05 Å². The fraction of sp³-hybridized carbons (Fsp3) is 0.925. The Labute approximate surface area is 303 Å². The van der Waals surface area contributed by atoms with Gasteiger partial charge in [0.25, 0.3) is 0 Å². The molecule has 292 valence electrons. The van der Waals surface area contributed by atoms with E-state index in [1.165, 1.54) is 135 Å². The first-order chi connectivity index (χ1) is 23.5. The van der Waals surface area contributed by atoms with Crippen LogP contribution in [0.2, 0.25) is 0 Å². The Morgan fingerprint density at radius 2 is 1.08 bits per heavy atom. The van der Waals surface area contributed by atoms with Crippen LogP contribution in [0.4, 0.5) is 0 Å². The van der Waals surface area contributed by atoms with Crippen LogP contribution in [0.5, 0.6) is 0 Å². The highest BCUT2D eigenvalue weighted by Crippen LogP contribution is 2.43. The van der Waals surface area contributed by atoms with E-state index in [2.05, 4.69) is 19.2 Å². The standard InChI is InChI=1S/C40H81N2O6P/c1-6-8-10-12-14-16-17-18-19-20-21-22-23-24-26-27-29-31-33-39(43)38(37-48-49(45,46)47-36-35-42(3,4)5)41-40(44)34-32-30-28-25-15-13-11-9-7-2/h31,33,38-39,43H,6-30,32,34-37H2,1-5H3,(H-,41,44,45,46)/p+1/b33-31+. The SMILES string of the molecule is CCCCCCCCCCCCCCCCCC/C=C/C(O)C(COP(=O)(O)OCC[N+](C)(C)C)NC(=O)CCCCCCCCCCC. The number of rotatable bonds is 37. The monoisotopic (exact) mass is 718 g/mol. The number of carbonyl (C=O) groups excluding carboxylic acids is 1. The second kappa shape index (κ2) is 33.1. The fourth-order valence-electron chi connectivity index (χ4n) is 5.92. The molecule has 0 heterocycles. The van der Waals surface area contributed by atoms with Crippen LogP contribution in [-0.4, -0.2) is 73.4 Å². The number of phosphoric acid groups is 1. The Bertz CT molecular complexity index is 819. The summed E-state index contributed by atoms with van der Waals surface area (Å²) in [6.07, 6.45) is 35.6. The van der Waals surface area contributed by atoms with E-state index in [0.29, 0.717) is 17.4 Å². The third kappa shape index (κ3) is 35.4. The maximum atomic E-state index is 12.7. The second-order valence-corrected chi connectivity index (χ2v) is 16.8. The average Bonchev–Trinajstić information content (AvgIpc) is 3.04. The Morgan fingerprint density at radius 1 is 0.673 bits per heavy atom. The molecule has 0 aromatic rings. The van der Waals surface area contributed by atoms with Crippen molar-refractivity contribution in [1.82, 2.24) is 5.32 Å². The molecular formula is C40H82N2O6P+. The van der Waals surface area contributed by atoms with Crippen LogP contribution in [0.3, 0.4) is 0 Å². The van der Waals surface area contributed by atoms with Gasteiger partial charge in [0.1, 0.15) is 13.2 Å². The van der Waals surface area contributed by atoms with Gasteiger partial charge in [0.05, 0.1) is 39.9 Å². The molecule has 0 bridgehead atoms. The first-order valence-corrected chi connectivity index (χ1v) is 22.1. The van der Waals surface area contributed by atoms with Crippen LogP contribution in [0.1, 0.15) is 187 Å². The van der Waals surface area contributed by atoms with E-state index >= 15 is 0 Å². The van der Waals surface area contributed by atoms with Gasteiger partial charge in [-0.25, -0.2) is 4.57 Å². The Kier molecular flexibility index (Phi) is 32.6. The lowest BCUT2D eigenvalue weighted by Crippen LogP contribution is -2.45. The number of phosphoric ester groups is 1. The summed E-state index contributed by atoms with van der Waals surface area (Å²) in [5.74, 6) is -0.180. The van der Waals surface area contributed by atoms with Crippen molar-refractivity contribution in [3.05, 3.63) is 12.2 Å². The van der Waals surface area contributed by atoms with Crippen molar-refractivity contribution in [3.63, 3.8) is 0 Å². The summed E-state index contributed by atoms with van der Waals surface area (Å²) >= 11 is 0. The Balaban J connectivity index is 4.40. The van der Waals surface area contributed by atoms with Crippen molar-refractivity contribution in [2.45, 2.75) is 199 Å². The van der Waals surface area contributed by atoms with E-state index in [1.807, 2.05) is 27.2 Å². The summed E-state index contributed by atoms with van der Waals surface area (Å²) < 4.78 is 23.5. The van der Waals surface area contributed by atoms with Gasteiger partial charge in [-0.05, 0) is 19.3 Å². The molecule has 0 saturated carbocycles. The molecule has 0 spiro atoms. The zero-order valence-corrected chi connectivity index (χ0v) is 33.8. The zero-order valence-electron chi connectivity index (χ0n) is 32.9. The topological polar surface area (TPSA) is 105 Å². The minimum Gasteiger partial charge on any atom is -0.387 e. The van der Waals surface area contributed by atoms with Gasteiger partial charge in [-0.3, -0.25) is 13.8 Å². The number of aliphatic hydroxyl groups excluding tert-OH is 1. The molecule has 0 radical (unpaired) electrons. The average molecular weight is 718 g/mol. The van der Waals surface area contributed by atoms with Crippen molar-refractivity contribution in [2.75, 3.05) is 40.9 Å². The lowest BCUT2D eigenvalue weighted by Gasteiger charge is -2.25. The molecule has 0 aliphatic heterocycles. The number of nitrogens with zero attached hydrogens (tertiary/aromatic N) is 1. The van der Waals surface area contributed by atoms with Crippen LogP contribution < -0.4 is 5.32 Å². The predicted octanol–water partition coefficient (Wildman–Crippen LogP) is 10.8. The van der Waals surface area contributed by atoms with Crippen LogP contribution in [0, 0.1) is 0 Å². The van der Waals surface area contributed by atoms with Crippen molar-refractivity contribution in [1.29, 1.82) is 0 Å². The van der Waals surface area contributed by atoms with E-state index in [9.17, 15) is 19.4 Å². The van der Waals surface area contributed by atoms with Gasteiger partial charge in [0.15, 0.2) is 0 Å². The van der Waals surface area contributed by atoms with Crippen LogP contribution in [-0.2, 0) is 18.4 Å². The number of unbranched alkanes of at least 4 members (excludes halogenated alkanes) is 24. The number of aliphatic hydroxyl groups is 1. The van der Waals surface area contributed by atoms with Crippen molar-refractivity contribution in [2.24, 2.45) is 0 Å². The number of nitrogens with one attached hydrogen (secondary N) is 1. The number of likely N-dealkylation sites (N-methyl/N-ethyl adjacent to an activating group) is 1. The molecule has 3 unspecified atom stereocenters. The van der Waals surface area contributed by atoms with Crippen LogP contribution in [0.25, 0.3) is 0 Å². The molecule has 0 rings (SSSR count). The third-order valence-corrected chi connectivity index (χ3v) is 10.2. The van der Waals surface area contributed by atoms with Gasteiger partial charge in [-0.1, -0.05) is 174 Å². The van der Waals surface area contributed by atoms with Gasteiger partial charge in [0, 0.05) is 6.42 Å². The van der Waals surface area contributed by atoms with E-state index in [0.717, 1.165) is 32.1 Å². The van der Waals surface area contributed by atoms with Crippen molar-refractivity contribution < 1.29 is 32.9 Å². The predicted molar refractivity (Wildman–Crippen MR) is 208 cm³/mol. The molecule has 3 N–H and O–H groups in total. The number of hydrogen-bond acceptors (Lipinski definition) is 5. The fourth-order valence-corrected chi connectivity index (χ4v) is 6.66. The molecule has 0 aromatic carbocycles. The molecule has 1 amide bonds. The van der Waals surface area contributed by atoms with Crippen molar-refractivity contribution in [3.8, 4) is 0 Å². The molecular weight excluding hydrogens is 635 g/mol. The highest BCUT2D eigenvalue weighted by Gasteiger charge is 2.27. The van der Waals surface area contributed by atoms with Gasteiger partial charge in [-0.15, -0.1) is 0 Å². The third-order valence-electron chi connectivity index (χ3n) is 9.26. The maximum absolute atomic E-state index is 12.7. The summed E-state index contributed by atoms with van der Waals surface area (Å²) in [6, 6.07) is -0.837. The zero-order chi connectivity index (χ0) is 36.5. The number of amides is 1. The van der Waals surface area contributed by atoms with Crippen LogP contribution in [0.15, 0.2) is 12.2 Å². The number of quaternary nitrogens is 1. The summed E-state index contributed by atoms with van der Waals surface area (Å²) in [7, 11) is 1.58. The molecule has 0 aliphatic carbocycles. The number of allylic oxidation sites excluding steroid dienone is 1.